The molecule has 1 aromatic heterocycles. The molecule has 0 radical (unpaired) electrons. The van der Waals surface area contributed by atoms with E-state index in [-0.39, 0.29) is 5.78 Å². The molecule has 0 atom stereocenters. The van der Waals surface area contributed by atoms with Gasteiger partial charge < -0.3 is 15.0 Å². The lowest BCUT2D eigenvalue weighted by molar-refractivity contribution is -0.150. The molecule has 0 unspecified atom stereocenters. The topological polar surface area (TPSA) is 88.4 Å². The van der Waals surface area contributed by atoms with Crippen molar-refractivity contribution in [1.82, 2.24) is 9.88 Å². The molecule has 1 heterocycles. The van der Waals surface area contributed by atoms with Gasteiger partial charge in [0.05, 0.1) is 11.0 Å². The Morgan fingerprint density at radius 3 is 2.10 bits per heavy atom. The fraction of sp³-hybridized carbons (Fsp3) is 0.533. The molecule has 1 rings (SSSR count). The quantitative estimate of drug-likeness (QED) is 0.811. The molecule has 0 aliphatic heterocycles. The molecule has 0 fully saturated rings. The fourth-order valence-electron chi connectivity index (χ4n) is 1.75. The average molecular weight is 294 g/mol. The van der Waals surface area contributed by atoms with E-state index < -0.39 is 22.8 Å². The molecule has 0 spiro atoms. The standard InChI is InChI=1S/C15H22N2O4/c1-9(18)10-7-11(17(6)8-10)12(19)16-15(4,5)14(2,3)13(20)21/h7-8H,1-6H3,(H,16,19)(H,20,21). The van der Waals surface area contributed by atoms with Crippen molar-refractivity contribution in [2.45, 2.75) is 40.2 Å². The number of hydrogen-bond acceptors (Lipinski definition) is 3. The number of nitrogens with zero attached hydrogens (tertiary/aromatic N) is 1. The van der Waals surface area contributed by atoms with Gasteiger partial charge in [-0.1, -0.05) is 0 Å². The van der Waals surface area contributed by atoms with Crippen molar-refractivity contribution in [3.8, 4) is 0 Å². The monoisotopic (exact) mass is 294 g/mol. The number of aromatic nitrogens is 1. The Hall–Kier alpha value is -2.11. The molecular weight excluding hydrogens is 272 g/mol. The molecule has 0 aliphatic rings. The Labute approximate surface area is 124 Å². The summed E-state index contributed by atoms with van der Waals surface area (Å²) in [6.45, 7) is 7.86. The van der Waals surface area contributed by atoms with E-state index in [0.717, 1.165) is 0 Å². The summed E-state index contributed by atoms with van der Waals surface area (Å²) in [4.78, 5) is 35.0. The zero-order valence-corrected chi connectivity index (χ0v) is 13.3. The highest BCUT2D eigenvalue weighted by atomic mass is 16.4. The number of nitrogens with one attached hydrogen (secondary N) is 1. The van der Waals surface area contributed by atoms with Crippen LogP contribution < -0.4 is 5.32 Å². The number of carboxylic acid groups (broad SMARTS) is 1. The van der Waals surface area contributed by atoms with Gasteiger partial charge in [0.15, 0.2) is 5.78 Å². The first-order valence-electron chi connectivity index (χ1n) is 6.63. The number of Topliss-reactive ketones (excluding diaryl/α,β-unsaturated/α-hetero) is 1. The summed E-state index contributed by atoms with van der Waals surface area (Å²) >= 11 is 0. The molecule has 6 nitrogen and oxygen atoms in total. The lowest BCUT2D eigenvalue weighted by Crippen LogP contribution is -2.57. The number of ketones is 1. The predicted octanol–water partition coefficient (Wildman–Crippen LogP) is 1.85. The van der Waals surface area contributed by atoms with Gasteiger partial charge in [-0.05, 0) is 40.7 Å². The third kappa shape index (κ3) is 3.15. The number of rotatable bonds is 5. The van der Waals surface area contributed by atoms with Crippen molar-refractivity contribution in [2.24, 2.45) is 12.5 Å². The van der Waals surface area contributed by atoms with E-state index in [0.29, 0.717) is 11.3 Å². The number of carbonyl (C=O) groups is 3. The van der Waals surface area contributed by atoms with E-state index in [4.69, 9.17) is 0 Å². The summed E-state index contributed by atoms with van der Waals surface area (Å²) in [5, 5.41) is 12.0. The molecule has 6 heteroatoms. The molecule has 0 aliphatic carbocycles. The van der Waals surface area contributed by atoms with E-state index in [1.54, 1.807) is 45.5 Å². The summed E-state index contributed by atoms with van der Waals surface area (Å²) in [5.74, 6) is -1.54. The van der Waals surface area contributed by atoms with Gasteiger partial charge >= 0.3 is 5.97 Å². The number of carboxylic acids is 1. The Morgan fingerprint density at radius 1 is 1.19 bits per heavy atom. The molecule has 116 valence electrons. The first-order valence-corrected chi connectivity index (χ1v) is 6.63. The molecule has 0 bridgehead atoms. The number of amides is 1. The van der Waals surface area contributed by atoms with Gasteiger partial charge in [0, 0.05) is 18.8 Å². The van der Waals surface area contributed by atoms with Crippen molar-refractivity contribution in [2.75, 3.05) is 0 Å². The van der Waals surface area contributed by atoms with Crippen LogP contribution in [0.3, 0.4) is 0 Å². The molecule has 0 saturated heterocycles. The summed E-state index contributed by atoms with van der Waals surface area (Å²) in [5.41, 5.74) is -1.35. The predicted molar refractivity (Wildman–Crippen MR) is 78.4 cm³/mol. The largest absolute Gasteiger partial charge is 0.481 e. The maximum Gasteiger partial charge on any atom is 0.311 e. The van der Waals surface area contributed by atoms with Gasteiger partial charge in [-0.25, -0.2) is 0 Å². The Kier molecular flexibility index (Phi) is 4.32. The van der Waals surface area contributed by atoms with Crippen molar-refractivity contribution in [1.29, 1.82) is 0 Å². The first kappa shape index (κ1) is 16.9. The zero-order valence-electron chi connectivity index (χ0n) is 13.3. The van der Waals surface area contributed by atoms with Crippen molar-refractivity contribution < 1.29 is 19.5 Å². The Bertz CT molecular complexity index is 597. The van der Waals surface area contributed by atoms with Crippen LogP contribution >= 0.6 is 0 Å². The van der Waals surface area contributed by atoms with Crippen LogP contribution in [0.25, 0.3) is 0 Å². The maximum atomic E-state index is 12.4. The maximum absolute atomic E-state index is 12.4. The second-order valence-electron chi connectivity index (χ2n) is 6.29. The van der Waals surface area contributed by atoms with Crippen LogP contribution in [-0.2, 0) is 11.8 Å². The number of hydrogen-bond donors (Lipinski definition) is 2. The van der Waals surface area contributed by atoms with Crippen LogP contribution in [0.15, 0.2) is 12.3 Å². The minimum absolute atomic E-state index is 0.130. The third-order valence-corrected chi connectivity index (χ3v) is 4.17. The third-order valence-electron chi connectivity index (χ3n) is 4.17. The van der Waals surface area contributed by atoms with Gasteiger partial charge in [0.1, 0.15) is 5.69 Å². The van der Waals surface area contributed by atoms with Crippen LogP contribution in [0.1, 0.15) is 55.5 Å². The summed E-state index contributed by atoms with van der Waals surface area (Å²) in [6, 6.07) is 1.50. The lowest BCUT2D eigenvalue weighted by atomic mass is 9.74. The van der Waals surface area contributed by atoms with Crippen LogP contribution in [0.5, 0.6) is 0 Å². The highest BCUT2D eigenvalue weighted by Crippen LogP contribution is 2.31. The second-order valence-corrected chi connectivity index (χ2v) is 6.29. The molecule has 0 aromatic carbocycles. The molecule has 1 amide bonds. The molecular formula is C15H22N2O4. The summed E-state index contributed by atoms with van der Waals surface area (Å²) < 4.78 is 1.55. The molecule has 21 heavy (non-hydrogen) atoms. The van der Waals surface area contributed by atoms with Gasteiger partial charge in [0.2, 0.25) is 0 Å². The Balaban J connectivity index is 3.06. The minimum atomic E-state index is -1.14. The summed E-state index contributed by atoms with van der Waals surface area (Å²) in [6.07, 6.45) is 1.58. The van der Waals surface area contributed by atoms with Crippen LogP contribution in [0, 0.1) is 5.41 Å². The van der Waals surface area contributed by atoms with Crippen molar-refractivity contribution >= 4 is 17.7 Å². The smallest absolute Gasteiger partial charge is 0.311 e. The number of aliphatic carboxylic acids is 1. The normalized spacial score (nSPS) is 12.1. The first-order chi connectivity index (χ1) is 9.40. The highest BCUT2D eigenvalue weighted by Gasteiger charge is 2.44. The van der Waals surface area contributed by atoms with Crippen LogP contribution in [0.2, 0.25) is 0 Å². The lowest BCUT2D eigenvalue weighted by Gasteiger charge is -2.38. The number of aryl methyl sites for hydroxylation is 1. The SMILES string of the molecule is CC(=O)c1cc(C(=O)NC(C)(C)C(C)(C)C(=O)O)n(C)c1. The number of carbonyl (C=O) groups excluding carboxylic acids is 2. The fourth-order valence-corrected chi connectivity index (χ4v) is 1.75. The average Bonchev–Trinajstić information content (AvgIpc) is 2.70. The Morgan fingerprint density at radius 2 is 1.71 bits per heavy atom. The van der Waals surface area contributed by atoms with Crippen LogP contribution in [-0.4, -0.2) is 32.9 Å². The second kappa shape index (κ2) is 5.35. The molecule has 1 aromatic rings. The van der Waals surface area contributed by atoms with Gasteiger partial charge in [-0.15, -0.1) is 0 Å². The molecule has 0 saturated carbocycles. The van der Waals surface area contributed by atoms with Gasteiger partial charge in [0.25, 0.3) is 5.91 Å². The van der Waals surface area contributed by atoms with E-state index in [9.17, 15) is 19.5 Å². The van der Waals surface area contributed by atoms with E-state index in [2.05, 4.69) is 5.32 Å². The minimum Gasteiger partial charge on any atom is -0.481 e. The zero-order chi connectivity index (χ0) is 16.6. The summed E-state index contributed by atoms with van der Waals surface area (Å²) in [7, 11) is 1.66. The van der Waals surface area contributed by atoms with E-state index >= 15 is 0 Å². The van der Waals surface area contributed by atoms with Gasteiger partial charge in [-0.2, -0.15) is 0 Å². The molecule has 2 N–H and O–H groups in total. The van der Waals surface area contributed by atoms with Crippen molar-refractivity contribution in [3.05, 3.63) is 23.5 Å². The van der Waals surface area contributed by atoms with E-state index in [1.165, 1.54) is 13.0 Å². The van der Waals surface area contributed by atoms with E-state index in [1.807, 2.05) is 0 Å². The van der Waals surface area contributed by atoms with Crippen LogP contribution in [0.4, 0.5) is 0 Å². The highest BCUT2D eigenvalue weighted by molar-refractivity contribution is 5.99. The van der Waals surface area contributed by atoms with Crippen molar-refractivity contribution in [3.63, 3.8) is 0 Å². The van der Waals surface area contributed by atoms with Gasteiger partial charge in [-0.3, -0.25) is 14.4 Å².